The fraction of sp³-hybridized carbons (Fsp3) is 0.250. The van der Waals surface area contributed by atoms with Crippen LogP contribution in [0.4, 0.5) is 0 Å². The van der Waals surface area contributed by atoms with Crippen molar-refractivity contribution in [2.75, 3.05) is 6.61 Å². The first kappa shape index (κ1) is 14.8. The Hall–Kier alpha value is -1.63. The van der Waals surface area contributed by atoms with Gasteiger partial charge in [0.2, 0.25) is 0 Å². The van der Waals surface area contributed by atoms with E-state index < -0.39 is 12.1 Å². The smallest absolute Gasteiger partial charge is 0.341 e. The number of aliphatic hydroxyl groups is 1. The number of hydrogen-bond acceptors (Lipinski definition) is 5. The first-order chi connectivity index (χ1) is 9.54. The zero-order chi connectivity index (χ0) is 14.7. The number of H-pyrrole nitrogens is 1. The van der Waals surface area contributed by atoms with Crippen LogP contribution in [0.15, 0.2) is 18.2 Å². The van der Waals surface area contributed by atoms with Crippen LogP contribution in [-0.2, 0) is 9.53 Å². The molecule has 20 heavy (non-hydrogen) atoms. The van der Waals surface area contributed by atoms with Crippen LogP contribution >= 0.6 is 23.2 Å². The predicted octanol–water partition coefficient (Wildman–Crippen LogP) is 2.38. The fourth-order valence-corrected chi connectivity index (χ4v) is 2.14. The summed E-state index contributed by atoms with van der Waals surface area (Å²) in [4.78, 5) is 11.6. The maximum atomic E-state index is 11.6. The summed E-state index contributed by atoms with van der Waals surface area (Å²) >= 11 is 11.9. The molecule has 106 valence electrons. The molecule has 0 unspecified atom stereocenters. The summed E-state index contributed by atoms with van der Waals surface area (Å²) in [5.41, 5.74) is 0.822. The molecule has 0 aliphatic heterocycles. The molecule has 1 heterocycles. The second-order valence-electron chi connectivity index (χ2n) is 3.84. The average molecular weight is 316 g/mol. The van der Waals surface area contributed by atoms with E-state index in [0.717, 1.165) is 0 Å². The lowest BCUT2D eigenvalue weighted by molar-refractivity contribution is -0.153. The highest BCUT2D eigenvalue weighted by Gasteiger charge is 2.27. The van der Waals surface area contributed by atoms with Crippen molar-refractivity contribution in [3.63, 3.8) is 0 Å². The number of ether oxygens (including phenoxy) is 1. The number of rotatable bonds is 4. The van der Waals surface area contributed by atoms with Crippen LogP contribution in [0.2, 0.25) is 10.0 Å². The number of esters is 1. The van der Waals surface area contributed by atoms with E-state index in [4.69, 9.17) is 27.9 Å². The van der Waals surface area contributed by atoms with Crippen molar-refractivity contribution in [3.05, 3.63) is 33.9 Å². The van der Waals surface area contributed by atoms with Gasteiger partial charge < -0.3 is 9.84 Å². The molecule has 0 bridgehead atoms. The predicted molar refractivity (Wildman–Crippen MR) is 73.4 cm³/mol. The first-order valence-electron chi connectivity index (χ1n) is 5.75. The van der Waals surface area contributed by atoms with Crippen LogP contribution in [-0.4, -0.2) is 33.1 Å². The normalized spacial score (nSPS) is 12.2. The van der Waals surface area contributed by atoms with Crippen LogP contribution in [0, 0.1) is 0 Å². The molecule has 2 rings (SSSR count). The molecule has 1 aromatic carbocycles. The van der Waals surface area contributed by atoms with Crippen molar-refractivity contribution < 1.29 is 14.6 Å². The van der Waals surface area contributed by atoms with Gasteiger partial charge in [-0.05, 0) is 25.1 Å². The Balaban J connectivity index is 2.40. The van der Waals surface area contributed by atoms with Gasteiger partial charge in [0, 0.05) is 10.6 Å². The van der Waals surface area contributed by atoms with Gasteiger partial charge in [0.1, 0.15) is 11.4 Å². The standard InChI is InChI=1S/C12H11Cl2N3O3/c1-2-20-12(19)11(18)10-9(15-17-16-10)7-4-3-6(13)5-8(7)14/h3-5,11,18H,2H2,1H3,(H,15,16,17)/t11-/m0/s1. The van der Waals surface area contributed by atoms with E-state index >= 15 is 0 Å². The van der Waals surface area contributed by atoms with Gasteiger partial charge in [-0.25, -0.2) is 4.79 Å². The second-order valence-corrected chi connectivity index (χ2v) is 4.68. The van der Waals surface area contributed by atoms with Crippen LogP contribution in [0.5, 0.6) is 0 Å². The van der Waals surface area contributed by atoms with Crippen molar-refractivity contribution >= 4 is 29.2 Å². The van der Waals surface area contributed by atoms with Gasteiger partial charge in [-0.3, -0.25) is 0 Å². The Morgan fingerprint density at radius 3 is 2.85 bits per heavy atom. The van der Waals surface area contributed by atoms with Crippen molar-refractivity contribution in [1.29, 1.82) is 0 Å². The monoisotopic (exact) mass is 315 g/mol. The number of aromatic amines is 1. The molecule has 0 aliphatic carbocycles. The number of nitrogens with one attached hydrogen (secondary N) is 1. The Bertz CT molecular complexity index is 630. The van der Waals surface area contributed by atoms with E-state index in [0.29, 0.717) is 15.6 Å². The Morgan fingerprint density at radius 2 is 2.20 bits per heavy atom. The number of nitrogens with zero attached hydrogens (tertiary/aromatic N) is 2. The van der Waals surface area contributed by atoms with Gasteiger partial charge in [-0.2, -0.15) is 15.4 Å². The van der Waals surface area contributed by atoms with E-state index in [1.807, 2.05) is 0 Å². The molecule has 0 saturated heterocycles. The number of aromatic nitrogens is 3. The lowest BCUT2D eigenvalue weighted by Gasteiger charge is -2.09. The third-order valence-corrected chi connectivity index (χ3v) is 3.08. The summed E-state index contributed by atoms with van der Waals surface area (Å²) in [6.07, 6.45) is -1.53. The van der Waals surface area contributed by atoms with Crippen LogP contribution in [0.1, 0.15) is 18.7 Å². The molecule has 1 aromatic heterocycles. The van der Waals surface area contributed by atoms with Gasteiger partial charge in [0.05, 0.1) is 11.6 Å². The summed E-state index contributed by atoms with van der Waals surface area (Å²) in [5, 5.41) is 20.8. The lowest BCUT2D eigenvalue weighted by atomic mass is 10.1. The summed E-state index contributed by atoms with van der Waals surface area (Å²) < 4.78 is 4.74. The summed E-state index contributed by atoms with van der Waals surface area (Å²) in [7, 11) is 0. The van der Waals surface area contributed by atoms with E-state index in [-0.39, 0.29) is 18.0 Å². The summed E-state index contributed by atoms with van der Waals surface area (Å²) in [6, 6.07) is 4.79. The second kappa shape index (κ2) is 6.21. The fourth-order valence-electron chi connectivity index (χ4n) is 1.64. The van der Waals surface area contributed by atoms with Crippen LogP contribution < -0.4 is 0 Å². The van der Waals surface area contributed by atoms with Gasteiger partial charge in [-0.15, -0.1) is 0 Å². The molecular formula is C12H11Cl2N3O3. The highest BCUT2D eigenvalue weighted by Crippen LogP contribution is 2.32. The average Bonchev–Trinajstić information content (AvgIpc) is 2.87. The van der Waals surface area contributed by atoms with Gasteiger partial charge >= 0.3 is 5.97 Å². The Kier molecular flexibility index (Phi) is 4.59. The Labute approximate surface area is 124 Å². The highest BCUT2D eigenvalue weighted by atomic mass is 35.5. The zero-order valence-electron chi connectivity index (χ0n) is 10.4. The maximum absolute atomic E-state index is 11.6. The number of aliphatic hydroxyl groups excluding tert-OH is 1. The van der Waals surface area contributed by atoms with E-state index in [1.54, 1.807) is 19.1 Å². The molecule has 0 spiro atoms. The molecular weight excluding hydrogens is 305 g/mol. The minimum Gasteiger partial charge on any atom is -0.464 e. The molecule has 2 N–H and O–H groups in total. The van der Waals surface area contributed by atoms with E-state index in [1.165, 1.54) is 6.07 Å². The number of carbonyl (C=O) groups excluding carboxylic acids is 1. The number of carbonyl (C=O) groups is 1. The molecule has 0 fully saturated rings. The molecule has 1 atom stereocenters. The number of halogens is 2. The quantitative estimate of drug-likeness (QED) is 0.846. The molecule has 0 amide bonds. The Morgan fingerprint density at radius 1 is 1.45 bits per heavy atom. The number of benzene rings is 1. The maximum Gasteiger partial charge on any atom is 0.341 e. The molecule has 0 aliphatic rings. The van der Waals surface area contributed by atoms with Crippen molar-refractivity contribution in [2.24, 2.45) is 0 Å². The largest absolute Gasteiger partial charge is 0.464 e. The third kappa shape index (κ3) is 2.92. The minimum absolute atomic E-state index is 0.0488. The molecule has 8 heteroatoms. The first-order valence-corrected chi connectivity index (χ1v) is 6.51. The van der Waals surface area contributed by atoms with E-state index in [2.05, 4.69) is 15.4 Å². The third-order valence-electron chi connectivity index (χ3n) is 2.53. The van der Waals surface area contributed by atoms with Crippen molar-refractivity contribution in [2.45, 2.75) is 13.0 Å². The molecule has 2 aromatic rings. The zero-order valence-corrected chi connectivity index (χ0v) is 11.9. The van der Waals surface area contributed by atoms with Crippen molar-refractivity contribution in [3.8, 4) is 11.3 Å². The summed E-state index contributed by atoms with van der Waals surface area (Å²) in [5.74, 6) is -0.798. The molecule has 0 radical (unpaired) electrons. The number of hydrogen-bond donors (Lipinski definition) is 2. The lowest BCUT2D eigenvalue weighted by Crippen LogP contribution is -2.16. The van der Waals surface area contributed by atoms with Crippen molar-refractivity contribution in [1.82, 2.24) is 15.4 Å². The molecule has 6 nitrogen and oxygen atoms in total. The minimum atomic E-state index is -1.53. The molecule has 0 saturated carbocycles. The summed E-state index contributed by atoms with van der Waals surface area (Å²) in [6.45, 7) is 1.80. The van der Waals surface area contributed by atoms with Gasteiger partial charge in [-0.1, -0.05) is 23.2 Å². The van der Waals surface area contributed by atoms with Crippen LogP contribution in [0.25, 0.3) is 11.3 Å². The topological polar surface area (TPSA) is 88.1 Å². The van der Waals surface area contributed by atoms with E-state index in [9.17, 15) is 9.90 Å². The van der Waals surface area contributed by atoms with Gasteiger partial charge in [0.25, 0.3) is 0 Å². The SMILES string of the molecule is CCOC(=O)[C@@H](O)c1n[nH]nc1-c1ccc(Cl)cc1Cl. The highest BCUT2D eigenvalue weighted by molar-refractivity contribution is 6.36. The van der Waals surface area contributed by atoms with Gasteiger partial charge in [0.15, 0.2) is 6.10 Å². The van der Waals surface area contributed by atoms with Crippen LogP contribution in [0.3, 0.4) is 0 Å².